The second-order valence-electron chi connectivity index (χ2n) is 5.58. The molecule has 7 nitrogen and oxygen atoms in total. The Labute approximate surface area is 158 Å². The summed E-state index contributed by atoms with van der Waals surface area (Å²) in [6.45, 7) is -0.350. The van der Waals surface area contributed by atoms with Gasteiger partial charge in [0.2, 0.25) is 0 Å². The number of hydrogen-bond donors (Lipinski definition) is 3. The van der Waals surface area contributed by atoms with Crippen LogP contribution in [-0.2, 0) is 9.59 Å². The molecule has 0 heterocycles. The number of primary amides is 1. The Hall–Kier alpha value is -3.13. The molecule has 0 bridgehead atoms. The van der Waals surface area contributed by atoms with Crippen LogP contribution in [-0.4, -0.2) is 29.5 Å². The maximum absolute atomic E-state index is 13.7. The van der Waals surface area contributed by atoms with E-state index in [1.807, 2.05) is 0 Å². The first kappa shape index (κ1) is 20.2. The lowest BCUT2D eigenvalue weighted by Gasteiger charge is -2.18. The molecule has 0 saturated heterocycles. The molecule has 2 aromatic carbocycles. The van der Waals surface area contributed by atoms with E-state index in [1.54, 1.807) is 0 Å². The average molecular weight is 395 g/mol. The van der Waals surface area contributed by atoms with Crippen LogP contribution in [0.15, 0.2) is 42.5 Å². The topological polar surface area (TPSA) is 119 Å². The maximum Gasteiger partial charge on any atom is 0.305 e. The highest BCUT2D eigenvalue weighted by atomic mass is 35.5. The minimum atomic E-state index is -1.17. The zero-order valence-corrected chi connectivity index (χ0v) is 14.7. The van der Waals surface area contributed by atoms with Crippen LogP contribution < -0.4 is 15.8 Å². The highest BCUT2D eigenvalue weighted by Crippen LogP contribution is 2.23. The van der Waals surface area contributed by atoms with Gasteiger partial charge in [0.25, 0.3) is 11.8 Å². The van der Waals surface area contributed by atoms with Crippen LogP contribution in [0.3, 0.4) is 0 Å². The molecule has 2 amide bonds. The first-order chi connectivity index (χ1) is 12.8. The molecule has 27 heavy (non-hydrogen) atoms. The fourth-order valence-corrected chi connectivity index (χ4v) is 2.40. The predicted octanol–water partition coefficient (Wildman–Crippen LogP) is 2.29. The molecule has 0 aromatic heterocycles. The lowest BCUT2D eigenvalue weighted by molar-refractivity contribution is -0.137. The molecule has 0 aliphatic carbocycles. The number of halogens is 2. The molecule has 1 atom stereocenters. The van der Waals surface area contributed by atoms with Gasteiger partial charge < -0.3 is 20.9 Å². The predicted molar refractivity (Wildman–Crippen MR) is 95.0 cm³/mol. The number of carbonyl (C=O) groups is 3. The lowest BCUT2D eigenvalue weighted by atomic mass is 10.0. The Morgan fingerprint density at radius 2 is 1.96 bits per heavy atom. The fourth-order valence-electron chi connectivity index (χ4n) is 2.28. The molecule has 2 rings (SSSR count). The Morgan fingerprint density at radius 3 is 2.59 bits per heavy atom. The van der Waals surface area contributed by atoms with Crippen molar-refractivity contribution in [2.75, 3.05) is 6.61 Å². The molecule has 9 heteroatoms. The summed E-state index contributed by atoms with van der Waals surface area (Å²) >= 11 is 5.64. The van der Waals surface area contributed by atoms with E-state index in [4.69, 9.17) is 27.2 Å². The van der Waals surface area contributed by atoms with Gasteiger partial charge in [-0.1, -0.05) is 23.7 Å². The number of carboxylic acids is 1. The van der Waals surface area contributed by atoms with E-state index >= 15 is 0 Å². The lowest BCUT2D eigenvalue weighted by Crippen LogP contribution is -2.30. The van der Waals surface area contributed by atoms with E-state index in [0.29, 0.717) is 0 Å². The minimum absolute atomic E-state index is 0.113. The Kier molecular flexibility index (Phi) is 6.73. The summed E-state index contributed by atoms with van der Waals surface area (Å²) in [5, 5.41) is 11.5. The monoisotopic (exact) mass is 394 g/mol. The molecule has 4 N–H and O–H groups in total. The summed E-state index contributed by atoms with van der Waals surface area (Å²) < 4.78 is 18.8. The van der Waals surface area contributed by atoms with Gasteiger partial charge in [0.15, 0.2) is 6.61 Å². The summed E-state index contributed by atoms with van der Waals surface area (Å²) in [5.41, 5.74) is 5.43. The molecule has 0 unspecified atom stereocenters. The van der Waals surface area contributed by atoms with Crippen LogP contribution in [0.4, 0.5) is 4.39 Å². The SMILES string of the molecule is NC(=O)COc1cccc(C(=O)N[C@@H](CC(=O)O)c2ccc(Cl)c(F)c2)c1. The molecule has 0 saturated carbocycles. The third-order valence-corrected chi connectivity index (χ3v) is 3.81. The van der Waals surface area contributed by atoms with Crippen molar-refractivity contribution in [1.29, 1.82) is 0 Å². The van der Waals surface area contributed by atoms with Crippen molar-refractivity contribution in [3.05, 3.63) is 64.4 Å². The number of nitrogens with one attached hydrogen (secondary N) is 1. The molecular formula is C18H16ClFN2O5. The van der Waals surface area contributed by atoms with Gasteiger partial charge in [0, 0.05) is 5.56 Å². The summed E-state index contributed by atoms with van der Waals surface area (Å²) in [6, 6.07) is 8.73. The zero-order valence-electron chi connectivity index (χ0n) is 13.9. The summed E-state index contributed by atoms with van der Waals surface area (Å²) in [6.07, 6.45) is -0.454. The van der Waals surface area contributed by atoms with E-state index in [0.717, 1.165) is 6.07 Å². The highest BCUT2D eigenvalue weighted by Gasteiger charge is 2.20. The standard InChI is InChI=1S/C18H16ClFN2O5/c19-13-5-4-10(7-14(13)20)15(8-17(24)25)22-18(26)11-2-1-3-12(6-11)27-9-16(21)23/h1-7,15H,8-9H2,(H2,21,23)(H,22,26)(H,24,25)/t15-/m0/s1. The van der Waals surface area contributed by atoms with Gasteiger partial charge in [0.05, 0.1) is 17.5 Å². The number of ether oxygens (including phenoxy) is 1. The van der Waals surface area contributed by atoms with Crippen molar-refractivity contribution in [2.24, 2.45) is 5.73 Å². The number of rotatable bonds is 8. The Balaban J connectivity index is 2.20. The zero-order chi connectivity index (χ0) is 20.0. The molecule has 0 fully saturated rings. The first-order valence-electron chi connectivity index (χ1n) is 7.75. The Bertz CT molecular complexity index is 875. The molecule has 0 radical (unpaired) electrons. The van der Waals surface area contributed by atoms with E-state index < -0.39 is 36.1 Å². The normalized spacial score (nSPS) is 11.5. The van der Waals surface area contributed by atoms with Crippen molar-refractivity contribution >= 4 is 29.4 Å². The highest BCUT2D eigenvalue weighted by molar-refractivity contribution is 6.30. The third kappa shape index (κ3) is 5.96. The van der Waals surface area contributed by atoms with Crippen molar-refractivity contribution in [1.82, 2.24) is 5.32 Å². The van der Waals surface area contributed by atoms with Crippen LogP contribution >= 0.6 is 11.6 Å². The van der Waals surface area contributed by atoms with Crippen LogP contribution in [0, 0.1) is 5.82 Å². The van der Waals surface area contributed by atoms with Crippen molar-refractivity contribution in [3.63, 3.8) is 0 Å². The minimum Gasteiger partial charge on any atom is -0.484 e. The van der Waals surface area contributed by atoms with Gasteiger partial charge >= 0.3 is 5.97 Å². The van der Waals surface area contributed by atoms with Crippen LogP contribution in [0.2, 0.25) is 5.02 Å². The Morgan fingerprint density at radius 1 is 1.22 bits per heavy atom. The molecule has 142 valence electrons. The van der Waals surface area contributed by atoms with Gasteiger partial charge in [-0.25, -0.2) is 4.39 Å². The summed E-state index contributed by atoms with van der Waals surface area (Å²) in [5.74, 6) is -2.92. The second-order valence-corrected chi connectivity index (χ2v) is 5.99. The number of carboxylic acid groups (broad SMARTS) is 1. The second kappa shape index (κ2) is 9.00. The van der Waals surface area contributed by atoms with E-state index in [1.165, 1.54) is 36.4 Å². The number of hydrogen-bond acceptors (Lipinski definition) is 4. The van der Waals surface area contributed by atoms with Crippen molar-refractivity contribution in [2.45, 2.75) is 12.5 Å². The molecule has 2 aromatic rings. The van der Waals surface area contributed by atoms with E-state index in [9.17, 15) is 18.8 Å². The van der Waals surface area contributed by atoms with Gasteiger partial charge in [0.1, 0.15) is 11.6 Å². The van der Waals surface area contributed by atoms with Crippen molar-refractivity contribution in [3.8, 4) is 5.75 Å². The van der Waals surface area contributed by atoms with E-state index in [-0.39, 0.29) is 28.5 Å². The first-order valence-corrected chi connectivity index (χ1v) is 8.13. The fraction of sp³-hybridized carbons (Fsp3) is 0.167. The number of aliphatic carboxylic acids is 1. The number of amides is 2. The molecule has 0 aliphatic heterocycles. The van der Waals surface area contributed by atoms with Gasteiger partial charge in [-0.3, -0.25) is 14.4 Å². The number of carbonyl (C=O) groups excluding carboxylic acids is 2. The summed E-state index contributed by atoms with van der Waals surface area (Å²) in [4.78, 5) is 34.4. The van der Waals surface area contributed by atoms with Crippen LogP contribution in [0.5, 0.6) is 5.75 Å². The third-order valence-electron chi connectivity index (χ3n) is 3.51. The van der Waals surface area contributed by atoms with Gasteiger partial charge in [-0.2, -0.15) is 0 Å². The van der Waals surface area contributed by atoms with Gasteiger partial charge in [-0.05, 0) is 35.9 Å². The maximum atomic E-state index is 13.7. The average Bonchev–Trinajstić information content (AvgIpc) is 2.61. The number of nitrogens with two attached hydrogens (primary N) is 1. The largest absolute Gasteiger partial charge is 0.484 e. The van der Waals surface area contributed by atoms with Crippen LogP contribution in [0.25, 0.3) is 0 Å². The molecular weight excluding hydrogens is 379 g/mol. The smallest absolute Gasteiger partial charge is 0.305 e. The van der Waals surface area contributed by atoms with Crippen molar-refractivity contribution < 1.29 is 28.6 Å². The molecule has 0 aliphatic rings. The summed E-state index contributed by atoms with van der Waals surface area (Å²) in [7, 11) is 0. The van der Waals surface area contributed by atoms with Gasteiger partial charge in [-0.15, -0.1) is 0 Å². The molecule has 0 spiro atoms. The van der Waals surface area contributed by atoms with Crippen LogP contribution in [0.1, 0.15) is 28.4 Å². The van der Waals surface area contributed by atoms with E-state index in [2.05, 4.69) is 5.32 Å². The quantitative estimate of drug-likeness (QED) is 0.634. The number of benzene rings is 2.